The Morgan fingerprint density at radius 2 is 2.38 bits per heavy atom. The first kappa shape index (κ1) is 6.41. The molecule has 0 N–H and O–H groups in total. The van der Waals surface area contributed by atoms with Crippen LogP contribution in [0, 0.1) is 12.3 Å². The van der Waals surface area contributed by atoms with Crippen molar-refractivity contribution in [3.05, 3.63) is 6.42 Å². The fourth-order valence-electron chi connectivity index (χ4n) is 1.20. The summed E-state index contributed by atoms with van der Waals surface area (Å²) in [6, 6.07) is 0. The normalized spacial score (nSPS) is 38.2. The van der Waals surface area contributed by atoms with Gasteiger partial charge in [-0.1, -0.05) is 13.3 Å². The standard InChI is InChI=1S/C7H12Cl/c1-2-6-3-4-7(8)5-6/h5-7H,2-4H2,1H3. The number of alkyl halides is 1. The molecule has 1 saturated carbocycles. The highest BCUT2D eigenvalue weighted by Crippen LogP contribution is 2.29. The van der Waals surface area contributed by atoms with Gasteiger partial charge in [-0.15, -0.1) is 11.6 Å². The Balaban J connectivity index is 2.22. The van der Waals surface area contributed by atoms with Crippen molar-refractivity contribution in [2.45, 2.75) is 31.6 Å². The third kappa shape index (κ3) is 1.38. The van der Waals surface area contributed by atoms with E-state index in [1.807, 2.05) is 0 Å². The first-order valence-corrected chi connectivity index (χ1v) is 3.75. The first-order chi connectivity index (χ1) is 3.83. The molecule has 2 atom stereocenters. The van der Waals surface area contributed by atoms with Crippen molar-refractivity contribution >= 4 is 11.6 Å². The maximum atomic E-state index is 5.83. The summed E-state index contributed by atoms with van der Waals surface area (Å²) in [4.78, 5) is 0. The predicted molar refractivity (Wildman–Crippen MR) is 37.0 cm³/mol. The Labute approximate surface area is 56.2 Å². The summed E-state index contributed by atoms with van der Waals surface area (Å²) in [5.41, 5.74) is 0. The fraction of sp³-hybridized carbons (Fsp3) is 0.857. The maximum Gasteiger partial charge on any atom is 0.0370 e. The van der Waals surface area contributed by atoms with Gasteiger partial charge < -0.3 is 0 Å². The van der Waals surface area contributed by atoms with E-state index in [1.54, 1.807) is 0 Å². The second-order valence-corrected chi connectivity index (χ2v) is 3.01. The molecule has 0 spiro atoms. The SMILES string of the molecule is CCC1[CH]C(Cl)CC1. The summed E-state index contributed by atoms with van der Waals surface area (Å²) >= 11 is 5.83. The van der Waals surface area contributed by atoms with Crippen LogP contribution in [0.2, 0.25) is 0 Å². The third-order valence-corrected chi connectivity index (χ3v) is 2.18. The molecule has 0 aromatic carbocycles. The molecular weight excluding hydrogens is 120 g/mol. The van der Waals surface area contributed by atoms with E-state index in [0.717, 1.165) is 5.92 Å². The van der Waals surface area contributed by atoms with E-state index in [2.05, 4.69) is 13.3 Å². The summed E-state index contributed by atoms with van der Waals surface area (Å²) in [7, 11) is 0. The molecule has 0 aromatic rings. The number of hydrogen-bond acceptors (Lipinski definition) is 0. The van der Waals surface area contributed by atoms with E-state index in [9.17, 15) is 0 Å². The van der Waals surface area contributed by atoms with Crippen molar-refractivity contribution in [2.75, 3.05) is 0 Å². The van der Waals surface area contributed by atoms with E-state index < -0.39 is 0 Å². The van der Waals surface area contributed by atoms with E-state index in [4.69, 9.17) is 11.6 Å². The van der Waals surface area contributed by atoms with Crippen molar-refractivity contribution in [1.29, 1.82) is 0 Å². The van der Waals surface area contributed by atoms with Crippen molar-refractivity contribution < 1.29 is 0 Å². The van der Waals surface area contributed by atoms with Crippen molar-refractivity contribution in [3.8, 4) is 0 Å². The van der Waals surface area contributed by atoms with E-state index >= 15 is 0 Å². The zero-order valence-electron chi connectivity index (χ0n) is 5.23. The summed E-state index contributed by atoms with van der Waals surface area (Å²) < 4.78 is 0. The Kier molecular flexibility index (Phi) is 2.18. The van der Waals surface area contributed by atoms with E-state index in [1.165, 1.54) is 19.3 Å². The summed E-state index contributed by atoms with van der Waals surface area (Å²) in [6.07, 6.45) is 6.04. The fourth-order valence-corrected chi connectivity index (χ4v) is 1.53. The summed E-state index contributed by atoms with van der Waals surface area (Å²) in [5, 5.41) is 0.375. The molecule has 1 fully saturated rings. The molecule has 8 heavy (non-hydrogen) atoms. The molecule has 0 aliphatic heterocycles. The quantitative estimate of drug-likeness (QED) is 0.480. The lowest BCUT2D eigenvalue weighted by Gasteiger charge is -2.00. The van der Waals surface area contributed by atoms with Crippen LogP contribution < -0.4 is 0 Å². The lowest BCUT2D eigenvalue weighted by atomic mass is 10.1. The van der Waals surface area contributed by atoms with Crippen LogP contribution in [0.3, 0.4) is 0 Å². The molecule has 1 aliphatic rings. The van der Waals surface area contributed by atoms with E-state index in [0.29, 0.717) is 5.38 Å². The number of rotatable bonds is 1. The number of hydrogen-bond donors (Lipinski definition) is 0. The van der Waals surface area contributed by atoms with Gasteiger partial charge in [0.1, 0.15) is 0 Å². The molecule has 1 aliphatic carbocycles. The van der Waals surface area contributed by atoms with Gasteiger partial charge in [0, 0.05) is 5.38 Å². The van der Waals surface area contributed by atoms with Crippen LogP contribution in [0.4, 0.5) is 0 Å². The maximum absolute atomic E-state index is 5.83. The molecule has 0 nitrogen and oxygen atoms in total. The Hall–Kier alpha value is 0.290. The molecular formula is C7H12Cl. The molecule has 1 heteroatoms. The second kappa shape index (κ2) is 2.72. The minimum Gasteiger partial charge on any atom is -0.123 e. The van der Waals surface area contributed by atoms with Crippen LogP contribution in [0.15, 0.2) is 0 Å². The molecule has 47 valence electrons. The lowest BCUT2D eigenvalue weighted by molar-refractivity contribution is 0.602. The lowest BCUT2D eigenvalue weighted by Crippen LogP contribution is -1.93. The molecule has 0 aromatic heterocycles. The molecule has 1 rings (SSSR count). The van der Waals surface area contributed by atoms with Crippen molar-refractivity contribution in [1.82, 2.24) is 0 Å². The Morgan fingerprint density at radius 3 is 2.62 bits per heavy atom. The van der Waals surface area contributed by atoms with Gasteiger partial charge in [-0.3, -0.25) is 0 Å². The third-order valence-electron chi connectivity index (χ3n) is 1.82. The average Bonchev–Trinajstić information content (AvgIpc) is 2.14. The molecule has 0 saturated heterocycles. The van der Waals surface area contributed by atoms with Gasteiger partial charge in [-0.2, -0.15) is 0 Å². The van der Waals surface area contributed by atoms with Crippen LogP contribution in [-0.4, -0.2) is 5.38 Å². The van der Waals surface area contributed by atoms with Crippen LogP contribution in [0.25, 0.3) is 0 Å². The van der Waals surface area contributed by atoms with Gasteiger partial charge in [-0.05, 0) is 25.2 Å². The highest BCUT2D eigenvalue weighted by Gasteiger charge is 2.20. The monoisotopic (exact) mass is 131 g/mol. The molecule has 0 heterocycles. The van der Waals surface area contributed by atoms with Gasteiger partial charge in [-0.25, -0.2) is 0 Å². The van der Waals surface area contributed by atoms with Crippen LogP contribution in [0.1, 0.15) is 26.2 Å². The zero-order chi connectivity index (χ0) is 5.98. The van der Waals surface area contributed by atoms with Crippen LogP contribution in [-0.2, 0) is 0 Å². The highest BCUT2D eigenvalue weighted by atomic mass is 35.5. The predicted octanol–water partition coefficient (Wildman–Crippen LogP) is 2.62. The van der Waals surface area contributed by atoms with Crippen LogP contribution >= 0.6 is 11.6 Å². The minimum atomic E-state index is 0.375. The molecule has 0 bridgehead atoms. The highest BCUT2D eigenvalue weighted by molar-refractivity contribution is 6.21. The minimum absolute atomic E-state index is 0.375. The van der Waals surface area contributed by atoms with E-state index in [-0.39, 0.29) is 0 Å². The first-order valence-electron chi connectivity index (χ1n) is 3.32. The Bertz CT molecular complexity index is 70.8. The van der Waals surface area contributed by atoms with Gasteiger partial charge in [0.2, 0.25) is 0 Å². The largest absolute Gasteiger partial charge is 0.123 e. The van der Waals surface area contributed by atoms with Crippen molar-refractivity contribution in [3.63, 3.8) is 0 Å². The molecule has 0 amide bonds. The Morgan fingerprint density at radius 1 is 1.62 bits per heavy atom. The van der Waals surface area contributed by atoms with Crippen molar-refractivity contribution in [2.24, 2.45) is 5.92 Å². The summed E-state index contributed by atoms with van der Waals surface area (Å²) in [6.45, 7) is 2.22. The molecule has 1 radical (unpaired) electrons. The van der Waals surface area contributed by atoms with Gasteiger partial charge >= 0.3 is 0 Å². The second-order valence-electron chi connectivity index (χ2n) is 2.45. The van der Waals surface area contributed by atoms with Gasteiger partial charge in [0.25, 0.3) is 0 Å². The number of halogens is 1. The van der Waals surface area contributed by atoms with Crippen LogP contribution in [0.5, 0.6) is 0 Å². The van der Waals surface area contributed by atoms with Gasteiger partial charge in [0.15, 0.2) is 0 Å². The topological polar surface area (TPSA) is 0 Å². The average molecular weight is 132 g/mol. The summed E-state index contributed by atoms with van der Waals surface area (Å²) in [5.74, 6) is 0.817. The molecule has 2 unspecified atom stereocenters. The zero-order valence-corrected chi connectivity index (χ0v) is 5.99. The smallest absolute Gasteiger partial charge is 0.0370 e. The van der Waals surface area contributed by atoms with Gasteiger partial charge in [0.05, 0.1) is 0 Å².